The molecule has 0 spiro atoms. The molecule has 1 aliphatic rings. The van der Waals surface area contributed by atoms with Crippen molar-refractivity contribution in [3.05, 3.63) is 76.0 Å². The topological polar surface area (TPSA) is 81.2 Å². The molecule has 0 radical (unpaired) electrons. The van der Waals surface area contributed by atoms with E-state index in [1.165, 1.54) is 11.8 Å². The summed E-state index contributed by atoms with van der Waals surface area (Å²) in [5, 5.41) is 6.88. The van der Waals surface area contributed by atoms with Crippen LogP contribution in [0.25, 0.3) is 0 Å². The van der Waals surface area contributed by atoms with E-state index in [1.54, 1.807) is 23.5 Å². The molecule has 3 aromatic rings. The summed E-state index contributed by atoms with van der Waals surface area (Å²) >= 11 is 1.66. The second-order valence-corrected chi connectivity index (χ2v) is 7.68. The van der Waals surface area contributed by atoms with Gasteiger partial charge in [0.05, 0.1) is 10.6 Å². The van der Waals surface area contributed by atoms with E-state index in [2.05, 4.69) is 23.5 Å². The van der Waals surface area contributed by atoms with Crippen molar-refractivity contribution >= 4 is 28.7 Å². The zero-order valence-electron chi connectivity index (χ0n) is 15.9. The number of rotatable bonds is 7. The molecule has 1 aromatic heterocycles. The zero-order chi connectivity index (χ0) is 20.2. The molecule has 0 saturated carbocycles. The molecule has 0 fully saturated rings. The molecule has 3 N–H and O–H groups in total. The van der Waals surface area contributed by atoms with E-state index < -0.39 is 0 Å². The van der Waals surface area contributed by atoms with E-state index in [0.29, 0.717) is 22.7 Å². The molecule has 1 amide bonds. The number of carbonyl (C=O) groups is 2. The number of benzene rings is 2. The monoisotopic (exact) mass is 409 g/mol. The van der Waals surface area contributed by atoms with Gasteiger partial charge in [0.2, 0.25) is 6.79 Å². The molecular weight excluding hydrogens is 388 g/mol. The number of ketones is 1. The summed E-state index contributed by atoms with van der Waals surface area (Å²) in [6.45, 7) is 1.78. The van der Waals surface area contributed by atoms with E-state index in [0.717, 1.165) is 5.56 Å². The minimum Gasteiger partial charge on any atom is -0.454 e. The molecule has 4 rings (SSSR count). The number of nitrogens with one attached hydrogen (secondary N) is 1. The first-order valence-electron chi connectivity index (χ1n) is 9.28. The van der Waals surface area contributed by atoms with Crippen LogP contribution in [0.4, 0.5) is 5.69 Å². The Kier molecular flexibility index (Phi) is 5.59. The van der Waals surface area contributed by atoms with Gasteiger partial charge in [0.1, 0.15) is 6.04 Å². The van der Waals surface area contributed by atoms with Gasteiger partial charge in [0.25, 0.3) is 5.91 Å². The lowest BCUT2D eigenvalue weighted by Crippen LogP contribution is -2.87. The lowest BCUT2D eigenvalue weighted by atomic mass is 10.1. The molecule has 0 saturated heterocycles. The van der Waals surface area contributed by atoms with Gasteiger partial charge in [0.15, 0.2) is 23.8 Å². The number of carbonyl (C=O) groups excluding carboxylic acids is 2. The fourth-order valence-corrected chi connectivity index (χ4v) is 4.16. The number of nitrogens with two attached hydrogens (primary N) is 1. The molecule has 7 heteroatoms. The van der Waals surface area contributed by atoms with Crippen molar-refractivity contribution in [3.63, 3.8) is 0 Å². The van der Waals surface area contributed by atoms with Crippen LogP contribution in [0.5, 0.6) is 11.5 Å². The Bertz CT molecular complexity index is 1020. The van der Waals surface area contributed by atoms with Crippen molar-refractivity contribution in [2.24, 2.45) is 0 Å². The molecule has 0 unspecified atom stereocenters. The Morgan fingerprint density at radius 3 is 2.55 bits per heavy atom. The van der Waals surface area contributed by atoms with Crippen LogP contribution in [-0.4, -0.2) is 25.0 Å². The molecule has 148 valence electrons. The van der Waals surface area contributed by atoms with Crippen LogP contribution in [-0.2, 0) is 4.79 Å². The smallest absolute Gasteiger partial charge is 0.279 e. The van der Waals surface area contributed by atoms with Crippen molar-refractivity contribution in [2.75, 3.05) is 18.7 Å². The molecule has 2 aromatic carbocycles. The highest BCUT2D eigenvalue weighted by atomic mass is 32.1. The van der Waals surface area contributed by atoms with Gasteiger partial charge in [-0.25, -0.2) is 0 Å². The van der Waals surface area contributed by atoms with Crippen LogP contribution in [0.1, 0.15) is 33.8 Å². The number of ether oxygens (including phenoxy) is 2. The van der Waals surface area contributed by atoms with Gasteiger partial charge in [-0.15, -0.1) is 11.3 Å². The van der Waals surface area contributed by atoms with Crippen molar-refractivity contribution in [1.82, 2.24) is 0 Å². The molecule has 2 heterocycles. The summed E-state index contributed by atoms with van der Waals surface area (Å²) in [5.74, 6) is 0.698. The maximum absolute atomic E-state index is 12.7. The summed E-state index contributed by atoms with van der Waals surface area (Å²) in [7, 11) is 0. The van der Waals surface area contributed by atoms with Crippen LogP contribution in [0, 0.1) is 0 Å². The average Bonchev–Trinajstić information content (AvgIpc) is 3.40. The van der Waals surface area contributed by atoms with Gasteiger partial charge >= 0.3 is 0 Å². The molecule has 6 nitrogen and oxygen atoms in total. The van der Waals surface area contributed by atoms with E-state index in [9.17, 15) is 9.59 Å². The van der Waals surface area contributed by atoms with Crippen LogP contribution >= 0.6 is 11.3 Å². The molecule has 0 bridgehead atoms. The highest BCUT2D eigenvalue weighted by molar-refractivity contribution is 7.10. The Hall–Kier alpha value is -3.16. The minimum absolute atomic E-state index is 0.0333. The van der Waals surface area contributed by atoms with Crippen LogP contribution < -0.4 is 20.1 Å². The van der Waals surface area contributed by atoms with E-state index >= 15 is 0 Å². The number of anilines is 1. The number of hydrogen-bond acceptors (Lipinski definition) is 5. The zero-order valence-corrected chi connectivity index (χ0v) is 16.7. The first-order chi connectivity index (χ1) is 14.1. The van der Waals surface area contributed by atoms with Gasteiger partial charge in [-0.1, -0.05) is 36.4 Å². The summed E-state index contributed by atoms with van der Waals surface area (Å²) < 4.78 is 10.7. The summed E-state index contributed by atoms with van der Waals surface area (Å²) in [4.78, 5) is 25.8. The van der Waals surface area contributed by atoms with Crippen molar-refractivity contribution < 1.29 is 24.4 Å². The van der Waals surface area contributed by atoms with Crippen molar-refractivity contribution in [1.29, 1.82) is 0 Å². The first-order valence-corrected chi connectivity index (χ1v) is 10.2. The molecule has 29 heavy (non-hydrogen) atoms. The summed E-state index contributed by atoms with van der Waals surface area (Å²) in [5.41, 5.74) is 1.98. The molecular formula is C22H21N2O4S+. The molecule has 1 aliphatic heterocycles. The lowest BCUT2D eigenvalue weighted by Gasteiger charge is -2.15. The first kappa shape index (κ1) is 19.2. The van der Waals surface area contributed by atoms with Crippen LogP contribution in [0.15, 0.2) is 60.0 Å². The maximum Gasteiger partial charge on any atom is 0.279 e. The highest BCUT2D eigenvalue weighted by Gasteiger charge is 2.23. The Morgan fingerprint density at radius 1 is 1.10 bits per heavy atom. The van der Waals surface area contributed by atoms with Gasteiger partial charge < -0.3 is 20.1 Å². The third-order valence-corrected chi connectivity index (χ3v) is 5.67. The Labute approximate surface area is 172 Å². The molecule has 1 atom stereocenters. The predicted octanol–water partition coefficient (Wildman–Crippen LogP) is 2.97. The van der Waals surface area contributed by atoms with E-state index in [-0.39, 0.29) is 31.1 Å². The number of hydrogen-bond donors (Lipinski definition) is 2. The summed E-state index contributed by atoms with van der Waals surface area (Å²) in [6.07, 6.45) is 0. The largest absolute Gasteiger partial charge is 0.454 e. The highest BCUT2D eigenvalue weighted by Crippen LogP contribution is 2.37. The quantitative estimate of drug-likeness (QED) is 0.588. The Morgan fingerprint density at radius 2 is 1.86 bits per heavy atom. The summed E-state index contributed by atoms with van der Waals surface area (Å²) in [6, 6.07) is 17.5. The van der Waals surface area contributed by atoms with E-state index in [1.807, 2.05) is 35.0 Å². The SMILES string of the molecule is CC(=O)c1cc2c(cc1NC(=O)C[NH2+][C@H](c1ccccc1)c1cccs1)OCO2. The predicted molar refractivity (Wildman–Crippen MR) is 111 cm³/mol. The fourth-order valence-electron chi connectivity index (χ4n) is 3.31. The second-order valence-electron chi connectivity index (χ2n) is 6.70. The fraction of sp³-hybridized carbons (Fsp3) is 0.182. The molecule has 0 aliphatic carbocycles. The lowest BCUT2D eigenvalue weighted by molar-refractivity contribution is -0.675. The number of quaternary nitrogens is 1. The third kappa shape index (κ3) is 4.31. The van der Waals surface area contributed by atoms with Gasteiger partial charge in [-0.05, 0) is 24.4 Å². The third-order valence-electron chi connectivity index (χ3n) is 4.71. The van der Waals surface area contributed by atoms with Gasteiger partial charge in [-0.3, -0.25) is 9.59 Å². The van der Waals surface area contributed by atoms with Crippen molar-refractivity contribution in [3.8, 4) is 11.5 Å². The second kappa shape index (κ2) is 8.46. The number of fused-ring (bicyclic) bond motifs is 1. The van der Waals surface area contributed by atoms with Crippen molar-refractivity contribution in [2.45, 2.75) is 13.0 Å². The normalized spacial score (nSPS) is 13.1. The van der Waals surface area contributed by atoms with Gasteiger partial charge in [0, 0.05) is 17.2 Å². The van der Waals surface area contributed by atoms with E-state index in [4.69, 9.17) is 9.47 Å². The number of amides is 1. The number of Topliss-reactive ketones (excluding diaryl/α,β-unsaturated/α-hetero) is 1. The Balaban J connectivity index is 1.49. The standard InChI is InChI=1S/C22H20N2O4S/c1-14(25)16-10-18-19(28-13-27-18)11-17(16)24-21(26)12-23-22(20-8-5-9-29-20)15-6-3-2-4-7-15/h2-11,22-23H,12-13H2,1H3,(H,24,26)/p+1/t22-/m1/s1. The van der Waals surface area contributed by atoms with Gasteiger partial charge in [-0.2, -0.15) is 0 Å². The average molecular weight is 409 g/mol. The minimum atomic E-state index is -0.191. The van der Waals surface area contributed by atoms with Crippen LogP contribution in [0.2, 0.25) is 0 Å². The van der Waals surface area contributed by atoms with Crippen LogP contribution in [0.3, 0.4) is 0 Å². The maximum atomic E-state index is 12.7. The number of thiophene rings is 1.